The summed E-state index contributed by atoms with van der Waals surface area (Å²) in [5.74, 6) is 0.369. The molecule has 0 atom stereocenters. The summed E-state index contributed by atoms with van der Waals surface area (Å²) in [6.07, 6.45) is 1.88. The molecule has 0 bridgehead atoms. The van der Waals surface area contributed by atoms with E-state index in [2.05, 4.69) is 15.0 Å². The molecule has 3 aromatic rings. The van der Waals surface area contributed by atoms with Gasteiger partial charge in [0.2, 0.25) is 0 Å². The molecule has 132 valence electrons. The molecule has 0 unspecified atom stereocenters. The summed E-state index contributed by atoms with van der Waals surface area (Å²) in [4.78, 5) is 47.8. The SMILES string of the molecule is Cn1cc(C(=O)N2CCc3nc(-c4ccccc4)[nH]c3C2)c(=O)[nH]c1=O. The van der Waals surface area contributed by atoms with Gasteiger partial charge in [0.15, 0.2) is 0 Å². The quantitative estimate of drug-likeness (QED) is 0.708. The van der Waals surface area contributed by atoms with Gasteiger partial charge >= 0.3 is 5.69 Å². The summed E-state index contributed by atoms with van der Waals surface area (Å²) in [7, 11) is 1.49. The molecule has 26 heavy (non-hydrogen) atoms. The second-order valence-corrected chi connectivity index (χ2v) is 6.27. The number of H-pyrrole nitrogens is 2. The number of aryl methyl sites for hydroxylation is 1. The zero-order valence-corrected chi connectivity index (χ0v) is 14.2. The molecule has 1 aliphatic rings. The minimum Gasteiger partial charge on any atom is -0.340 e. The molecular formula is C18H17N5O3. The van der Waals surface area contributed by atoms with E-state index in [1.807, 2.05) is 30.3 Å². The Balaban J connectivity index is 1.62. The average molecular weight is 351 g/mol. The number of rotatable bonds is 2. The maximum absolute atomic E-state index is 12.7. The Morgan fingerprint density at radius 2 is 1.92 bits per heavy atom. The molecule has 3 heterocycles. The lowest BCUT2D eigenvalue weighted by Gasteiger charge is -2.26. The van der Waals surface area contributed by atoms with Crippen LogP contribution in [0.2, 0.25) is 0 Å². The van der Waals surface area contributed by atoms with Gasteiger partial charge in [0, 0.05) is 31.8 Å². The molecule has 1 amide bonds. The molecule has 8 heteroatoms. The number of carbonyl (C=O) groups excluding carboxylic acids is 1. The zero-order chi connectivity index (χ0) is 18.3. The van der Waals surface area contributed by atoms with Crippen LogP contribution in [0, 0.1) is 0 Å². The molecule has 0 radical (unpaired) electrons. The average Bonchev–Trinajstić information content (AvgIpc) is 3.08. The summed E-state index contributed by atoms with van der Waals surface area (Å²) in [5.41, 5.74) is 1.52. The van der Waals surface area contributed by atoms with Crippen LogP contribution in [-0.2, 0) is 20.0 Å². The number of hydrogen-bond donors (Lipinski definition) is 2. The molecule has 1 aromatic carbocycles. The van der Waals surface area contributed by atoms with Gasteiger partial charge in [0.1, 0.15) is 11.4 Å². The Morgan fingerprint density at radius 1 is 1.15 bits per heavy atom. The number of hydrogen-bond acceptors (Lipinski definition) is 4. The highest BCUT2D eigenvalue weighted by Crippen LogP contribution is 2.23. The number of benzene rings is 1. The Labute approximate surface area is 148 Å². The van der Waals surface area contributed by atoms with E-state index < -0.39 is 17.2 Å². The van der Waals surface area contributed by atoms with E-state index >= 15 is 0 Å². The van der Waals surface area contributed by atoms with Crippen molar-refractivity contribution >= 4 is 5.91 Å². The largest absolute Gasteiger partial charge is 0.340 e. The van der Waals surface area contributed by atoms with Gasteiger partial charge in [-0.3, -0.25) is 14.6 Å². The first-order valence-corrected chi connectivity index (χ1v) is 8.25. The summed E-state index contributed by atoms with van der Waals surface area (Å²) < 4.78 is 1.19. The number of carbonyl (C=O) groups is 1. The monoisotopic (exact) mass is 351 g/mol. The van der Waals surface area contributed by atoms with Crippen LogP contribution in [0.5, 0.6) is 0 Å². The van der Waals surface area contributed by atoms with Crippen molar-refractivity contribution in [2.24, 2.45) is 7.05 Å². The van der Waals surface area contributed by atoms with E-state index in [1.54, 1.807) is 4.90 Å². The minimum atomic E-state index is -0.668. The van der Waals surface area contributed by atoms with Gasteiger partial charge in [-0.25, -0.2) is 9.78 Å². The molecule has 8 nitrogen and oxygen atoms in total. The first-order valence-electron chi connectivity index (χ1n) is 8.25. The first kappa shape index (κ1) is 16.1. The van der Waals surface area contributed by atoms with Gasteiger partial charge in [-0.05, 0) is 0 Å². The van der Waals surface area contributed by atoms with Crippen molar-refractivity contribution in [2.75, 3.05) is 6.54 Å². The van der Waals surface area contributed by atoms with Crippen LogP contribution in [0.15, 0.2) is 46.1 Å². The maximum atomic E-state index is 12.7. The van der Waals surface area contributed by atoms with Gasteiger partial charge in [0.05, 0.1) is 17.9 Å². The third-order valence-corrected chi connectivity index (χ3v) is 4.50. The molecule has 0 spiro atoms. The van der Waals surface area contributed by atoms with Crippen molar-refractivity contribution in [3.05, 3.63) is 74.3 Å². The Hall–Kier alpha value is -3.42. The van der Waals surface area contributed by atoms with Crippen molar-refractivity contribution in [3.63, 3.8) is 0 Å². The van der Waals surface area contributed by atoms with E-state index in [1.165, 1.54) is 17.8 Å². The third kappa shape index (κ3) is 2.75. The predicted molar refractivity (Wildman–Crippen MR) is 94.8 cm³/mol. The fraction of sp³-hybridized carbons (Fsp3) is 0.222. The number of amides is 1. The van der Waals surface area contributed by atoms with Crippen molar-refractivity contribution in [2.45, 2.75) is 13.0 Å². The van der Waals surface area contributed by atoms with Crippen LogP contribution < -0.4 is 11.2 Å². The highest BCUT2D eigenvalue weighted by Gasteiger charge is 2.26. The number of nitrogens with one attached hydrogen (secondary N) is 2. The number of imidazole rings is 1. The fourth-order valence-corrected chi connectivity index (χ4v) is 3.09. The summed E-state index contributed by atoms with van der Waals surface area (Å²) >= 11 is 0. The number of fused-ring (bicyclic) bond motifs is 1. The van der Waals surface area contributed by atoms with Crippen molar-refractivity contribution in [1.82, 2.24) is 24.4 Å². The normalized spacial score (nSPS) is 13.5. The molecular weight excluding hydrogens is 334 g/mol. The smallest absolute Gasteiger partial charge is 0.328 e. The number of aromatic nitrogens is 4. The molecule has 0 saturated carbocycles. The van der Waals surface area contributed by atoms with E-state index in [4.69, 9.17) is 0 Å². The molecule has 2 aromatic heterocycles. The first-order chi connectivity index (χ1) is 12.5. The van der Waals surface area contributed by atoms with Crippen molar-refractivity contribution in [3.8, 4) is 11.4 Å². The van der Waals surface area contributed by atoms with Crippen LogP contribution in [0.4, 0.5) is 0 Å². The summed E-state index contributed by atoms with van der Waals surface area (Å²) in [6, 6.07) is 9.77. The number of aromatic amines is 2. The van der Waals surface area contributed by atoms with Crippen LogP contribution in [0.25, 0.3) is 11.4 Å². The van der Waals surface area contributed by atoms with Gasteiger partial charge in [-0.1, -0.05) is 30.3 Å². The summed E-state index contributed by atoms with van der Waals surface area (Å²) in [6.45, 7) is 0.809. The summed E-state index contributed by atoms with van der Waals surface area (Å²) in [5, 5.41) is 0. The Bertz CT molecular complexity index is 1090. The fourth-order valence-electron chi connectivity index (χ4n) is 3.09. The highest BCUT2D eigenvalue weighted by molar-refractivity contribution is 5.93. The topological polar surface area (TPSA) is 104 Å². The zero-order valence-electron chi connectivity index (χ0n) is 14.2. The van der Waals surface area contributed by atoms with E-state index in [-0.39, 0.29) is 5.56 Å². The predicted octanol–water partition coefficient (Wildman–Crippen LogP) is 0.662. The highest BCUT2D eigenvalue weighted by atomic mass is 16.2. The molecule has 0 aliphatic carbocycles. The molecule has 4 rings (SSSR count). The van der Waals surface area contributed by atoms with Gasteiger partial charge < -0.3 is 14.5 Å². The van der Waals surface area contributed by atoms with Crippen LogP contribution >= 0.6 is 0 Å². The van der Waals surface area contributed by atoms with Crippen LogP contribution in [-0.4, -0.2) is 36.9 Å². The maximum Gasteiger partial charge on any atom is 0.328 e. The standard InChI is InChI=1S/C18H17N5O3/c1-22-9-12(16(24)21-18(22)26)17(25)23-8-7-13-14(10-23)20-15(19-13)11-5-3-2-4-6-11/h2-6,9H,7-8,10H2,1H3,(H,19,20)(H,21,24,26). The second kappa shape index (κ2) is 6.14. The van der Waals surface area contributed by atoms with E-state index in [0.717, 1.165) is 22.8 Å². The molecule has 1 aliphatic heterocycles. The van der Waals surface area contributed by atoms with Gasteiger partial charge in [-0.2, -0.15) is 0 Å². The van der Waals surface area contributed by atoms with Crippen LogP contribution in [0.1, 0.15) is 21.7 Å². The Morgan fingerprint density at radius 3 is 2.69 bits per heavy atom. The molecule has 0 saturated heterocycles. The Kier molecular flexibility index (Phi) is 3.80. The van der Waals surface area contributed by atoms with Gasteiger partial charge in [0.25, 0.3) is 11.5 Å². The van der Waals surface area contributed by atoms with E-state index in [0.29, 0.717) is 19.5 Å². The second-order valence-electron chi connectivity index (χ2n) is 6.27. The lowest BCUT2D eigenvalue weighted by Crippen LogP contribution is -2.41. The van der Waals surface area contributed by atoms with E-state index in [9.17, 15) is 14.4 Å². The van der Waals surface area contributed by atoms with Crippen LogP contribution in [0.3, 0.4) is 0 Å². The van der Waals surface area contributed by atoms with Crippen molar-refractivity contribution in [1.29, 1.82) is 0 Å². The lowest BCUT2D eigenvalue weighted by molar-refractivity contribution is 0.0729. The molecule has 2 N–H and O–H groups in total. The van der Waals surface area contributed by atoms with Crippen molar-refractivity contribution < 1.29 is 4.79 Å². The van der Waals surface area contributed by atoms with Gasteiger partial charge in [-0.15, -0.1) is 0 Å². The minimum absolute atomic E-state index is 0.0432. The lowest BCUT2D eigenvalue weighted by atomic mass is 10.1. The number of nitrogens with zero attached hydrogens (tertiary/aromatic N) is 3. The third-order valence-electron chi connectivity index (χ3n) is 4.50. The molecule has 0 fully saturated rings.